The molecule has 1 fully saturated rings. The van der Waals surface area contributed by atoms with Gasteiger partial charge in [0.2, 0.25) is 5.91 Å². The van der Waals surface area contributed by atoms with Crippen LogP contribution < -0.4 is 15.2 Å². The average molecular weight is 396 g/mol. The standard InChI is InChI=1S/C22H25N3O2S/c1-28-27-20-10-8-18(9-11-20)17-6-4-16(5-7-17)14-19(15-23)25-21(26)22(24)12-2-3-13-22/h4-11,19H,2-3,12-14,24H2,1H3,(H,25,26)/t19-/m0/s1. The molecule has 0 heterocycles. The van der Waals surface area contributed by atoms with Gasteiger partial charge < -0.3 is 15.2 Å². The third-order valence-electron chi connectivity index (χ3n) is 5.17. The van der Waals surface area contributed by atoms with Crippen LogP contribution in [0.15, 0.2) is 48.5 Å². The van der Waals surface area contributed by atoms with Crippen molar-refractivity contribution in [3.63, 3.8) is 0 Å². The normalized spacial score (nSPS) is 16.2. The molecule has 1 atom stereocenters. The fourth-order valence-electron chi connectivity index (χ4n) is 3.53. The number of nitrogens with one attached hydrogen (secondary N) is 1. The highest BCUT2D eigenvalue weighted by Gasteiger charge is 2.37. The van der Waals surface area contributed by atoms with E-state index in [1.165, 1.54) is 12.0 Å². The number of carbonyl (C=O) groups excluding carboxylic acids is 1. The monoisotopic (exact) mass is 395 g/mol. The summed E-state index contributed by atoms with van der Waals surface area (Å²) in [7, 11) is 0. The van der Waals surface area contributed by atoms with E-state index in [0.29, 0.717) is 19.3 Å². The Morgan fingerprint density at radius 3 is 2.29 bits per heavy atom. The Labute approximate surface area is 170 Å². The van der Waals surface area contributed by atoms with Gasteiger partial charge in [-0.2, -0.15) is 5.26 Å². The summed E-state index contributed by atoms with van der Waals surface area (Å²) in [5.41, 5.74) is 8.54. The third kappa shape index (κ3) is 4.86. The highest BCUT2D eigenvalue weighted by molar-refractivity contribution is 7.94. The van der Waals surface area contributed by atoms with Crippen molar-refractivity contribution >= 4 is 17.9 Å². The summed E-state index contributed by atoms with van der Waals surface area (Å²) in [6.45, 7) is 0. The van der Waals surface area contributed by atoms with Gasteiger partial charge in [-0.1, -0.05) is 49.2 Å². The second kappa shape index (κ2) is 9.13. The molecule has 5 nitrogen and oxygen atoms in total. The number of rotatable bonds is 7. The first-order valence-corrected chi connectivity index (χ1v) is 10.6. The molecule has 6 heteroatoms. The largest absolute Gasteiger partial charge is 0.426 e. The first-order chi connectivity index (χ1) is 13.5. The molecule has 2 aromatic rings. The van der Waals surface area contributed by atoms with E-state index in [-0.39, 0.29) is 5.91 Å². The Balaban J connectivity index is 1.62. The summed E-state index contributed by atoms with van der Waals surface area (Å²) < 4.78 is 5.39. The van der Waals surface area contributed by atoms with Gasteiger partial charge in [0, 0.05) is 12.7 Å². The van der Waals surface area contributed by atoms with Crippen molar-refractivity contribution in [2.75, 3.05) is 6.26 Å². The van der Waals surface area contributed by atoms with Crippen molar-refractivity contribution in [3.05, 3.63) is 54.1 Å². The van der Waals surface area contributed by atoms with E-state index in [1.807, 2.05) is 54.8 Å². The van der Waals surface area contributed by atoms with Crippen LogP contribution in [0, 0.1) is 11.3 Å². The average Bonchev–Trinajstić information content (AvgIpc) is 3.17. The molecule has 1 amide bonds. The third-order valence-corrected chi connectivity index (χ3v) is 5.53. The van der Waals surface area contributed by atoms with E-state index in [2.05, 4.69) is 11.4 Å². The number of nitrogens with zero attached hydrogens (tertiary/aromatic N) is 1. The summed E-state index contributed by atoms with van der Waals surface area (Å²) in [4.78, 5) is 12.4. The van der Waals surface area contributed by atoms with Gasteiger partial charge in [-0.3, -0.25) is 4.79 Å². The van der Waals surface area contributed by atoms with E-state index < -0.39 is 11.6 Å². The molecule has 0 aliphatic heterocycles. The maximum Gasteiger partial charge on any atom is 0.241 e. The van der Waals surface area contributed by atoms with Crippen molar-refractivity contribution in [2.45, 2.75) is 43.7 Å². The second-order valence-electron chi connectivity index (χ2n) is 7.19. The zero-order chi connectivity index (χ0) is 20.0. The number of nitrogens with two attached hydrogens (primary N) is 1. The molecule has 0 unspecified atom stereocenters. The lowest BCUT2D eigenvalue weighted by Gasteiger charge is -2.24. The fraction of sp³-hybridized carbons (Fsp3) is 0.364. The minimum Gasteiger partial charge on any atom is -0.426 e. The maximum absolute atomic E-state index is 12.4. The Bertz CT molecular complexity index is 838. The second-order valence-corrected chi connectivity index (χ2v) is 7.69. The van der Waals surface area contributed by atoms with Crippen LogP contribution in [-0.4, -0.2) is 23.7 Å². The summed E-state index contributed by atoms with van der Waals surface area (Å²) in [6, 6.07) is 17.5. The van der Waals surface area contributed by atoms with Gasteiger partial charge in [0.05, 0.1) is 23.7 Å². The van der Waals surface area contributed by atoms with Gasteiger partial charge >= 0.3 is 0 Å². The predicted octanol–water partition coefficient (Wildman–Crippen LogP) is 3.83. The zero-order valence-corrected chi connectivity index (χ0v) is 16.8. The van der Waals surface area contributed by atoms with Gasteiger partial charge in [0.25, 0.3) is 0 Å². The van der Waals surface area contributed by atoms with E-state index in [4.69, 9.17) is 9.92 Å². The topological polar surface area (TPSA) is 88.1 Å². The van der Waals surface area contributed by atoms with Crippen molar-refractivity contribution in [2.24, 2.45) is 5.73 Å². The van der Waals surface area contributed by atoms with E-state index in [1.54, 1.807) is 0 Å². The van der Waals surface area contributed by atoms with Crippen LogP contribution in [0.3, 0.4) is 0 Å². The molecule has 1 aliphatic rings. The van der Waals surface area contributed by atoms with Gasteiger partial charge in [-0.05, 0) is 41.7 Å². The predicted molar refractivity (Wildman–Crippen MR) is 113 cm³/mol. The number of amides is 1. The summed E-state index contributed by atoms with van der Waals surface area (Å²) in [5.74, 6) is 0.612. The van der Waals surface area contributed by atoms with Crippen molar-refractivity contribution in [3.8, 4) is 22.9 Å². The van der Waals surface area contributed by atoms with Crippen LogP contribution in [0.4, 0.5) is 0 Å². The minimum absolute atomic E-state index is 0.208. The molecule has 0 bridgehead atoms. The zero-order valence-electron chi connectivity index (χ0n) is 16.0. The molecule has 0 aromatic heterocycles. The van der Waals surface area contributed by atoms with Crippen molar-refractivity contribution < 1.29 is 8.98 Å². The van der Waals surface area contributed by atoms with Crippen LogP contribution in [0.5, 0.6) is 5.75 Å². The molecule has 1 saturated carbocycles. The van der Waals surface area contributed by atoms with Crippen LogP contribution in [0.1, 0.15) is 31.2 Å². The Morgan fingerprint density at radius 1 is 1.18 bits per heavy atom. The molecule has 0 radical (unpaired) electrons. The lowest BCUT2D eigenvalue weighted by atomic mass is 9.96. The molecule has 146 valence electrons. The first kappa shape index (κ1) is 20.2. The molecule has 1 aliphatic carbocycles. The van der Waals surface area contributed by atoms with Gasteiger partial charge in [-0.15, -0.1) is 0 Å². The Morgan fingerprint density at radius 2 is 1.75 bits per heavy atom. The molecule has 3 N–H and O–H groups in total. The van der Waals surface area contributed by atoms with E-state index in [0.717, 1.165) is 35.3 Å². The number of nitriles is 1. The number of carbonyl (C=O) groups is 1. The summed E-state index contributed by atoms with van der Waals surface area (Å²) >= 11 is 1.31. The quantitative estimate of drug-likeness (QED) is 0.696. The lowest BCUT2D eigenvalue weighted by Crippen LogP contribution is -2.54. The lowest BCUT2D eigenvalue weighted by molar-refractivity contribution is -0.126. The van der Waals surface area contributed by atoms with Gasteiger partial charge in [0.15, 0.2) is 0 Å². The Hall–Kier alpha value is -2.49. The van der Waals surface area contributed by atoms with Gasteiger partial charge in [-0.25, -0.2) is 0 Å². The smallest absolute Gasteiger partial charge is 0.241 e. The molecule has 3 rings (SSSR count). The van der Waals surface area contributed by atoms with Crippen LogP contribution in [0.25, 0.3) is 11.1 Å². The maximum atomic E-state index is 12.4. The van der Waals surface area contributed by atoms with Crippen molar-refractivity contribution in [1.82, 2.24) is 5.32 Å². The highest BCUT2D eigenvalue weighted by atomic mass is 32.2. The summed E-state index contributed by atoms with van der Waals surface area (Å²) in [5, 5.41) is 12.3. The highest BCUT2D eigenvalue weighted by Crippen LogP contribution is 2.27. The molecule has 2 aromatic carbocycles. The molecule has 0 saturated heterocycles. The van der Waals surface area contributed by atoms with Crippen LogP contribution in [-0.2, 0) is 11.2 Å². The molecule has 28 heavy (non-hydrogen) atoms. The van der Waals surface area contributed by atoms with Crippen LogP contribution >= 0.6 is 12.0 Å². The van der Waals surface area contributed by atoms with Crippen LogP contribution in [0.2, 0.25) is 0 Å². The summed E-state index contributed by atoms with van der Waals surface area (Å²) in [6.07, 6.45) is 5.64. The molecular weight excluding hydrogens is 370 g/mol. The molecule has 0 spiro atoms. The number of benzene rings is 2. The number of hydrogen-bond donors (Lipinski definition) is 2. The van der Waals surface area contributed by atoms with E-state index in [9.17, 15) is 10.1 Å². The first-order valence-electron chi connectivity index (χ1n) is 9.43. The molecular formula is C22H25N3O2S. The van der Waals surface area contributed by atoms with Gasteiger partial charge in [0.1, 0.15) is 11.8 Å². The minimum atomic E-state index is -0.814. The van der Waals surface area contributed by atoms with E-state index >= 15 is 0 Å². The Kier molecular flexibility index (Phi) is 6.61. The number of hydrogen-bond acceptors (Lipinski definition) is 5. The SMILES string of the molecule is CSOc1ccc(-c2ccc(C[C@@H](C#N)NC(=O)C3(N)CCCC3)cc2)cc1. The fourth-order valence-corrected chi connectivity index (χ4v) is 3.84. The van der Waals surface area contributed by atoms with Crippen molar-refractivity contribution in [1.29, 1.82) is 5.26 Å².